The van der Waals surface area contributed by atoms with Crippen LogP contribution >= 0.6 is 0 Å². The summed E-state index contributed by atoms with van der Waals surface area (Å²) in [6.07, 6.45) is 4.34. The molecule has 0 unspecified atom stereocenters. The van der Waals surface area contributed by atoms with Gasteiger partial charge in [-0.3, -0.25) is 4.79 Å². The maximum atomic E-state index is 13.2. The quantitative estimate of drug-likeness (QED) is 0.467. The van der Waals surface area contributed by atoms with E-state index in [2.05, 4.69) is 0 Å². The predicted molar refractivity (Wildman–Crippen MR) is 120 cm³/mol. The molecule has 0 spiro atoms. The smallest absolute Gasteiger partial charge is 0.418 e. The second-order valence-electron chi connectivity index (χ2n) is 7.55. The number of cyclic esters (lactones) is 1. The fourth-order valence-electron chi connectivity index (χ4n) is 4.17. The molecule has 1 aliphatic rings. The molecule has 1 aliphatic heterocycles. The van der Waals surface area contributed by atoms with E-state index in [0.29, 0.717) is 0 Å². The van der Waals surface area contributed by atoms with Crippen molar-refractivity contribution in [3.8, 4) is 0 Å². The van der Waals surface area contributed by atoms with Crippen molar-refractivity contribution in [1.29, 1.82) is 0 Å². The third-order valence-corrected chi connectivity index (χ3v) is 5.56. The van der Waals surface area contributed by atoms with Gasteiger partial charge in [0, 0.05) is 11.1 Å². The topological polar surface area (TPSA) is 46.6 Å². The molecule has 1 heterocycles. The monoisotopic (exact) mass is 411 g/mol. The minimum Gasteiger partial charge on any atom is -0.430 e. The maximum absolute atomic E-state index is 13.2. The summed E-state index contributed by atoms with van der Waals surface area (Å²) in [7, 11) is 0. The van der Waals surface area contributed by atoms with E-state index in [9.17, 15) is 9.59 Å². The minimum absolute atomic E-state index is 0.374. The molecule has 4 heteroatoms. The number of unbranched alkanes of at least 4 members (excludes halogenated alkanes) is 1. The Labute approximate surface area is 182 Å². The fourth-order valence-corrected chi connectivity index (χ4v) is 4.17. The van der Waals surface area contributed by atoms with Gasteiger partial charge in [-0.15, -0.1) is 0 Å². The van der Waals surface area contributed by atoms with E-state index >= 15 is 0 Å². The summed E-state index contributed by atoms with van der Waals surface area (Å²) in [5.74, 6) is -0.374. The van der Waals surface area contributed by atoms with Crippen LogP contribution in [0.15, 0.2) is 103 Å². The molecule has 4 rings (SSSR count). The molecular weight excluding hydrogens is 386 g/mol. The van der Waals surface area contributed by atoms with Crippen LogP contribution in [0.2, 0.25) is 0 Å². The van der Waals surface area contributed by atoms with Crippen LogP contribution in [0.4, 0.5) is 4.79 Å². The van der Waals surface area contributed by atoms with Crippen molar-refractivity contribution >= 4 is 12.0 Å². The average Bonchev–Trinajstić information content (AvgIpc) is 3.15. The van der Waals surface area contributed by atoms with Gasteiger partial charge in [0.05, 0.1) is 0 Å². The number of carbonyl (C=O) groups excluding carboxylic acids is 2. The summed E-state index contributed by atoms with van der Waals surface area (Å²) in [5, 5.41) is 0. The van der Waals surface area contributed by atoms with Gasteiger partial charge < -0.3 is 4.74 Å². The predicted octanol–water partition coefficient (Wildman–Crippen LogP) is 6.01. The standard InChI is InChI=1S/C27H25NO3/c1-2-3-7-20-24(29)28-25(21-14-8-4-9-15-21)27(31-26(28)30,22-16-10-5-11-17-22)23-18-12-6-13-19-23/h4-20,25H,2-3H2,1H3/b20-7+/t25-/m1/s1. The first-order valence-corrected chi connectivity index (χ1v) is 10.6. The first-order valence-electron chi connectivity index (χ1n) is 10.6. The molecule has 156 valence electrons. The molecule has 4 nitrogen and oxygen atoms in total. The van der Waals surface area contributed by atoms with Crippen molar-refractivity contribution in [3.63, 3.8) is 0 Å². The van der Waals surface area contributed by atoms with Gasteiger partial charge in [0.1, 0.15) is 6.04 Å². The molecule has 1 saturated heterocycles. The van der Waals surface area contributed by atoms with E-state index in [-0.39, 0.29) is 5.91 Å². The van der Waals surface area contributed by atoms with Crippen LogP contribution in [0.25, 0.3) is 0 Å². The highest BCUT2D eigenvalue weighted by molar-refractivity contribution is 6.00. The van der Waals surface area contributed by atoms with E-state index in [4.69, 9.17) is 4.74 Å². The Kier molecular flexibility index (Phi) is 5.99. The fraction of sp³-hybridized carbons (Fsp3) is 0.185. The number of hydrogen-bond acceptors (Lipinski definition) is 3. The molecule has 31 heavy (non-hydrogen) atoms. The van der Waals surface area contributed by atoms with E-state index in [1.165, 1.54) is 11.0 Å². The Bertz CT molecular complexity index is 1020. The van der Waals surface area contributed by atoms with Gasteiger partial charge in [0.25, 0.3) is 5.91 Å². The normalized spacial score (nSPS) is 17.6. The molecule has 0 aromatic heterocycles. The molecule has 0 bridgehead atoms. The first kappa shape index (κ1) is 20.6. The van der Waals surface area contributed by atoms with Crippen LogP contribution in [-0.2, 0) is 15.1 Å². The second kappa shape index (κ2) is 9.00. The highest BCUT2D eigenvalue weighted by Gasteiger charge is 2.58. The molecule has 0 N–H and O–H groups in total. The van der Waals surface area contributed by atoms with E-state index < -0.39 is 17.7 Å². The van der Waals surface area contributed by atoms with Crippen molar-refractivity contribution < 1.29 is 14.3 Å². The summed E-state index contributed by atoms with van der Waals surface area (Å²) in [5.41, 5.74) is 1.31. The Hall–Kier alpha value is -3.66. The molecule has 0 saturated carbocycles. The van der Waals surface area contributed by atoms with Crippen molar-refractivity contribution in [2.45, 2.75) is 31.4 Å². The third-order valence-electron chi connectivity index (χ3n) is 5.56. The number of nitrogens with zero attached hydrogens (tertiary/aromatic N) is 1. The largest absolute Gasteiger partial charge is 0.430 e. The summed E-state index contributed by atoms with van der Waals surface area (Å²) in [4.78, 5) is 27.7. The summed E-state index contributed by atoms with van der Waals surface area (Å²) in [6, 6.07) is 28.2. The lowest BCUT2D eigenvalue weighted by molar-refractivity contribution is -0.124. The summed E-state index contributed by atoms with van der Waals surface area (Å²) < 4.78 is 6.16. The van der Waals surface area contributed by atoms with Crippen LogP contribution in [0.1, 0.15) is 42.5 Å². The Morgan fingerprint density at radius 3 is 1.94 bits per heavy atom. The lowest BCUT2D eigenvalue weighted by atomic mass is 9.77. The number of benzene rings is 3. The highest BCUT2D eigenvalue weighted by atomic mass is 16.6. The van der Waals surface area contributed by atoms with Crippen LogP contribution in [-0.4, -0.2) is 16.9 Å². The van der Waals surface area contributed by atoms with Crippen LogP contribution < -0.4 is 0 Å². The molecular formula is C27H25NO3. The Morgan fingerprint density at radius 1 is 0.903 bits per heavy atom. The van der Waals surface area contributed by atoms with Gasteiger partial charge in [-0.2, -0.15) is 0 Å². The summed E-state index contributed by atoms with van der Waals surface area (Å²) in [6.45, 7) is 2.04. The maximum Gasteiger partial charge on any atom is 0.418 e. The minimum atomic E-state index is -1.16. The third kappa shape index (κ3) is 3.77. The number of amides is 2. The molecule has 3 aromatic carbocycles. The Balaban J connectivity index is 1.95. The first-order chi connectivity index (χ1) is 15.2. The number of rotatable bonds is 6. The zero-order valence-corrected chi connectivity index (χ0v) is 17.5. The van der Waals surface area contributed by atoms with Gasteiger partial charge in [0.2, 0.25) is 0 Å². The van der Waals surface area contributed by atoms with Crippen LogP contribution in [0.3, 0.4) is 0 Å². The molecule has 3 aromatic rings. The van der Waals surface area contributed by atoms with Crippen molar-refractivity contribution in [3.05, 3.63) is 120 Å². The van der Waals surface area contributed by atoms with Crippen LogP contribution in [0.5, 0.6) is 0 Å². The van der Waals surface area contributed by atoms with Crippen molar-refractivity contribution in [2.75, 3.05) is 0 Å². The zero-order valence-electron chi connectivity index (χ0n) is 17.5. The highest BCUT2D eigenvalue weighted by Crippen LogP contribution is 2.52. The molecule has 1 fully saturated rings. The SMILES string of the molecule is CCC/C=C/C(=O)N1C(=O)OC(c2ccccc2)(c2ccccc2)[C@H]1c1ccccc1. The van der Waals surface area contributed by atoms with Gasteiger partial charge in [-0.05, 0) is 18.1 Å². The summed E-state index contributed by atoms with van der Waals surface area (Å²) >= 11 is 0. The van der Waals surface area contributed by atoms with Crippen LogP contribution in [0, 0.1) is 0 Å². The zero-order chi connectivity index (χ0) is 21.7. The number of ether oxygens (including phenoxy) is 1. The second-order valence-corrected chi connectivity index (χ2v) is 7.55. The lowest BCUT2D eigenvalue weighted by Crippen LogP contribution is -2.39. The molecule has 0 aliphatic carbocycles. The molecule has 1 atom stereocenters. The number of hydrogen-bond donors (Lipinski definition) is 0. The van der Waals surface area contributed by atoms with Gasteiger partial charge in [-0.1, -0.05) is 110 Å². The Morgan fingerprint density at radius 2 is 1.42 bits per heavy atom. The number of allylic oxidation sites excluding steroid dienone is 1. The van der Waals surface area contributed by atoms with E-state index in [0.717, 1.165) is 29.5 Å². The van der Waals surface area contributed by atoms with Crippen molar-refractivity contribution in [2.24, 2.45) is 0 Å². The van der Waals surface area contributed by atoms with Gasteiger partial charge in [-0.25, -0.2) is 9.69 Å². The average molecular weight is 412 g/mol. The van der Waals surface area contributed by atoms with E-state index in [1.54, 1.807) is 0 Å². The molecule has 0 radical (unpaired) electrons. The lowest BCUT2D eigenvalue weighted by Gasteiger charge is -2.35. The number of carbonyl (C=O) groups is 2. The van der Waals surface area contributed by atoms with Gasteiger partial charge in [0.15, 0.2) is 5.60 Å². The van der Waals surface area contributed by atoms with E-state index in [1.807, 2.05) is 104 Å². The van der Waals surface area contributed by atoms with Crippen molar-refractivity contribution in [1.82, 2.24) is 4.90 Å². The molecule has 2 amide bonds. The number of imide groups is 1. The van der Waals surface area contributed by atoms with Gasteiger partial charge >= 0.3 is 6.09 Å².